The average Bonchev–Trinajstić information content (AvgIpc) is 2.52. The summed E-state index contributed by atoms with van der Waals surface area (Å²) in [4.78, 5) is 4.57. The largest absolute Gasteiger partial charge is 0.389 e. The summed E-state index contributed by atoms with van der Waals surface area (Å²) in [6.45, 7) is 0. The van der Waals surface area contributed by atoms with Crippen LogP contribution in [0.15, 0.2) is 60.7 Å². The van der Waals surface area contributed by atoms with Crippen molar-refractivity contribution in [1.29, 1.82) is 0 Å². The number of halogens is 3. The van der Waals surface area contributed by atoms with Crippen molar-refractivity contribution < 1.29 is 13.2 Å². The molecule has 0 radical (unpaired) electrons. The molecule has 0 aliphatic heterocycles. The molecule has 0 atom stereocenters. The standard InChI is InChI=1S/C18H14F3N/c19-18(20,21)12-11-13-7-4-8-17-15(13)9-10-16(22-17)14-5-2-1-3-6-14/h1-10H,11-12H2. The third kappa shape index (κ3) is 3.27. The summed E-state index contributed by atoms with van der Waals surface area (Å²) in [6.07, 6.45) is -4.97. The average molecular weight is 301 g/mol. The minimum absolute atomic E-state index is 0.0206. The van der Waals surface area contributed by atoms with Crippen LogP contribution in [0, 0.1) is 0 Å². The van der Waals surface area contributed by atoms with Crippen LogP contribution in [0.4, 0.5) is 13.2 Å². The van der Waals surface area contributed by atoms with Gasteiger partial charge in [-0.15, -0.1) is 0 Å². The molecule has 0 saturated heterocycles. The van der Waals surface area contributed by atoms with Gasteiger partial charge in [-0.25, -0.2) is 4.98 Å². The molecule has 1 heterocycles. The van der Waals surface area contributed by atoms with Gasteiger partial charge in [-0.2, -0.15) is 13.2 Å². The number of hydrogen-bond donors (Lipinski definition) is 0. The monoisotopic (exact) mass is 301 g/mol. The molecule has 0 fully saturated rings. The summed E-state index contributed by atoms with van der Waals surface area (Å²) in [5.41, 5.74) is 3.22. The zero-order chi connectivity index (χ0) is 15.6. The van der Waals surface area contributed by atoms with E-state index in [1.54, 1.807) is 12.1 Å². The van der Waals surface area contributed by atoms with E-state index in [0.717, 1.165) is 22.2 Å². The molecule has 3 rings (SSSR count). The molecule has 3 aromatic rings. The summed E-state index contributed by atoms with van der Waals surface area (Å²) in [5.74, 6) is 0. The Balaban J connectivity index is 1.97. The van der Waals surface area contributed by atoms with Crippen molar-refractivity contribution in [2.75, 3.05) is 0 Å². The normalized spacial score (nSPS) is 11.8. The van der Waals surface area contributed by atoms with Crippen LogP contribution in [-0.4, -0.2) is 11.2 Å². The van der Waals surface area contributed by atoms with Crippen molar-refractivity contribution in [2.24, 2.45) is 0 Å². The van der Waals surface area contributed by atoms with Gasteiger partial charge in [-0.1, -0.05) is 48.5 Å². The van der Waals surface area contributed by atoms with E-state index in [0.29, 0.717) is 5.56 Å². The van der Waals surface area contributed by atoms with Gasteiger partial charge in [-0.05, 0) is 24.1 Å². The number of rotatable bonds is 3. The molecule has 0 aliphatic carbocycles. The predicted octanol–water partition coefficient (Wildman–Crippen LogP) is 5.40. The van der Waals surface area contributed by atoms with Crippen molar-refractivity contribution in [3.8, 4) is 11.3 Å². The summed E-state index contributed by atoms with van der Waals surface area (Å²) < 4.78 is 37.2. The first-order valence-corrected chi connectivity index (χ1v) is 7.04. The molecule has 0 N–H and O–H groups in total. The highest BCUT2D eigenvalue weighted by Gasteiger charge is 2.26. The van der Waals surface area contributed by atoms with Gasteiger partial charge in [0.1, 0.15) is 0 Å². The van der Waals surface area contributed by atoms with E-state index in [-0.39, 0.29) is 6.42 Å². The molecule has 2 aromatic carbocycles. The number of nitrogens with zero attached hydrogens (tertiary/aromatic N) is 1. The molecule has 0 amide bonds. The maximum atomic E-state index is 12.4. The molecule has 0 unspecified atom stereocenters. The Bertz CT molecular complexity index is 779. The summed E-state index contributed by atoms with van der Waals surface area (Å²) >= 11 is 0. The van der Waals surface area contributed by atoms with Crippen molar-refractivity contribution in [1.82, 2.24) is 4.98 Å². The quantitative estimate of drug-likeness (QED) is 0.631. The summed E-state index contributed by atoms with van der Waals surface area (Å²) in [5, 5.41) is 0.784. The minimum atomic E-state index is -4.14. The molecular formula is C18H14F3N. The van der Waals surface area contributed by atoms with E-state index in [2.05, 4.69) is 4.98 Å². The number of benzene rings is 2. The van der Waals surface area contributed by atoms with Crippen LogP contribution >= 0.6 is 0 Å². The van der Waals surface area contributed by atoms with Gasteiger partial charge in [0.15, 0.2) is 0 Å². The molecule has 112 valence electrons. The first-order valence-electron chi connectivity index (χ1n) is 7.04. The molecule has 0 bridgehead atoms. The fraction of sp³-hybridized carbons (Fsp3) is 0.167. The first kappa shape index (κ1) is 14.6. The Hall–Kier alpha value is -2.36. The summed E-state index contributed by atoms with van der Waals surface area (Å²) in [7, 11) is 0. The number of hydrogen-bond acceptors (Lipinski definition) is 1. The SMILES string of the molecule is FC(F)(F)CCc1cccc2nc(-c3ccccc3)ccc12. The van der Waals surface area contributed by atoms with Crippen molar-refractivity contribution in [2.45, 2.75) is 19.0 Å². The fourth-order valence-corrected chi connectivity index (χ4v) is 2.48. The number of pyridine rings is 1. The van der Waals surface area contributed by atoms with E-state index >= 15 is 0 Å². The molecule has 0 saturated carbocycles. The van der Waals surface area contributed by atoms with Crippen LogP contribution < -0.4 is 0 Å². The molecule has 22 heavy (non-hydrogen) atoms. The van der Waals surface area contributed by atoms with Crippen LogP contribution in [0.3, 0.4) is 0 Å². The van der Waals surface area contributed by atoms with E-state index in [9.17, 15) is 13.2 Å². The number of aromatic nitrogens is 1. The highest BCUT2D eigenvalue weighted by molar-refractivity contribution is 5.84. The second-order valence-electron chi connectivity index (χ2n) is 5.16. The Morgan fingerprint density at radius 3 is 2.32 bits per heavy atom. The number of fused-ring (bicyclic) bond motifs is 1. The van der Waals surface area contributed by atoms with Crippen molar-refractivity contribution >= 4 is 10.9 Å². The predicted molar refractivity (Wildman–Crippen MR) is 81.6 cm³/mol. The topological polar surface area (TPSA) is 12.9 Å². The lowest BCUT2D eigenvalue weighted by atomic mass is 10.0. The summed E-state index contributed by atoms with van der Waals surface area (Å²) in [6, 6.07) is 18.8. The van der Waals surface area contributed by atoms with Crippen LogP contribution in [0.25, 0.3) is 22.2 Å². The molecule has 1 aromatic heterocycles. The lowest BCUT2D eigenvalue weighted by Gasteiger charge is -2.10. The van der Waals surface area contributed by atoms with Crippen LogP contribution in [0.1, 0.15) is 12.0 Å². The van der Waals surface area contributed by atoms with Gasteiger partial charge in [0, 0.05) is 17.4 Å². The molecule has 0 aliphatic rings. The van der Waals surface area contributed by atoms with Crippen LogP contribution in [0.2, 0.25) is 0 Å². The van der Waals surface area contributed by atoms with Gasteiger partial charge in [0.2, 0.25) is 0 Å². The van der Waals surface area contributed by atoms with Crippen molar-refractivity contribution in [3.05, 3.63) is 66.2 Å². The van der Waals surface area contributed by atoms with E-state index in [1.807, 2.05) is 48.5 Å². The third-order valence-corrected chi connectivity index (χ3v) is 3.57. The van der Waals surface area contributed by atoms with Gasteiger partial charge in [0.25, 0.3) is 0 Å². The Labute approximate surface area is 126 Å². The fourth-order valence-electron chi connectivity index (χ4n) is 2.48. The zero-order valence-electron chi connectivity index (χ0n) is 11.8. The van der Waals surface area contributed by atoms with Gasteiger partial charge >= 0.3 is 6.18 Å². The number of alkyl halides is 3. The highest BCUT2D eigenvalue weighted by Crippen LogP contribution is 2.27. The molecule has 1 nitrogen and oxygen atoms in total. The van der Waals surface area contributed by atoms with Gasteiger partial charge in [0.05, 0.1) is 11.2 Å². The lowest BCUT2D eigenvalue weighted by molar-refractivity contribution is -0.133. The molecular weight excluding hydrogens is 287 g/mol. The second kappa shape index (κ2) is 5.79. The number of aryl methyl sites for hydroxylation is 1. The first-order chi connectivity index (χ1) is 10.5. The minimum Gasteiger partial charge on any atom is -0.248 e. The Morgan fingerprint density at radius 1 is 0.818 bits per heavy atom. The lowest BCUT2D eigenvalue weighted by Crippen LogP contribution is -2.08. The van der Waals surface area contributed by atoms with Crippen molar-refractivity contribution in [3.63, 3.8) is 0 Å². The Kier molecular flexibility index (Phi) is 3.84. The van der Waals surface area contributed by atoms with Crippen LogP contribution in [0.5, 0.6) is 0 Å². The Morgan fingerprint density at radius 2 is 1.59 bits per heavy atom. The zero-order valence-corrected chi connectivity index (χ0v) is 11.8. The van der Waals surface area contributed by atoms with Gasteiger partial charge in [-0.3, -0.25) is 0 Å². The van der Waals surface area contributed by atoms with Gasteiger partial charge < -0.3 is 0 Å². The van der Waals surface area contributed by atoms with E-state index < -0.39 is 12.6 Å². The maximum absolute atomic E-state index is 12.4. The second-order valence-corrected chi connectivity index (χ2v) is 5.16. The third-order valence-electron chi connectivity index (χ3n) is 3.57. The molecule has 4 heteroatoms. The molecule has 0 spiro atoms. The highest BCUT2D eigenvalue weighted by atomic mass is 19.4. The maximum Gasteiger partial charge on any atom is 0.389 e. The van der Waals surface area contributed by atoms with E-state index in [1.165, 1.54) is 0 Å². The van der Waals surface area contributed by atoms with E-state index in [4.69, 9.17) is 0 Å². The van der Waals surface area contributed by atoms with Crippen LogP contribution in [-0.2, 0) is 6.42 Å². The smallest absolute Gasteiger partial charge is 0.248 e.